The Hall–Kier alpha value is -1.60. The van der Waals surface area contributed by atoms with Crippen molar-refractivity contribution in [3.05, 3.63) is 34.9 Å². The minimum atomic E-state index is -3.50. The molecule has 2 aliphatic rings. The minimum Gasteiger partial charge on any atom is -0.342 e. The van der Waals surface area contributed by atoms with Crippen LogP contribution in [0.4, 0.5) is 0 Å². The fraction of sp³-hybridized carbons (Fsp3) is 0.500. The van der Waals surface area contributed by atoms with E-state index in [0.29, 0.717) is 18.1 Å². The lowest BCUT2D eigenvalue weighted by Gasteiger charge is -2.41. The van der Waals surface area contributed by atoms with Gasteiger partial charge >= 0.3 is 0 Å². The van der Waals surface area contributed by atoms with Gasteiger partial charge in [0.15, 0.2) is 9.84 Å². The zero-order valence-corrected chi connectivity index (χ0v) is 14.9. The Morgan fingerprint density at radius 3 is 2.29 bits per heavy atom. The van der Waals surface area contributed by atoms with Crippen LogP contribution in [0.15, 0.2) is 24.3 Å². The molecular weight excluding hydrogens is 352 g/mol. The SMILES string of the molecule is CN1C(=O)CS(=O)(=O)C12CCN(C(=O)Cc1ccc(Cl)cc1)CC2. The quantitative estimate of drug-likeness (QED) is 0.781. The van der Waals surface area contributed by atoms with Crippen molar-refractivity contribution < 1.29 is 18.0 Å². The Balaban J connectivity index is 1.68. The highest BCUT2D eigenvalue weighted by Crippen LogP contribution is 2.38. The van der Waals surface area contributed by atoms with E-state index >= 15 is 0 Å². The van der Waals surface area contributed by atoms with Gasteiger partial charge in [0.1, 0.15) is 10.6 Å². The van der Waals surface area contributed by atoms with Crippen LogP contribution in [0.25, 0.3) is 0 Å². The summed E-state index contributed by atoms with van der Waals surface area (Å²) in [5, 5.41) is 0.616. The average Bonchev–Trinajstić information content (AvgIpc) is 2.70. The summed E-state index contributed by atoms with van der Waals surface area (Å²) in [6.45, 7) is 0.673. The van der Waals surface area contributed by atoms with Gasteiger partial charge in [-0.15, -0.1) is 0 Å². The van der Waals surface area contributed by atoms with Gasteiger partial charge in [0.2, 0.25) is 11.8 Å². The Labute approximate surface area is 146 Å². The molecular formula is C16H19ClN2O4S. The number of amides is 2. The van der Waals surface area contributed by atoms with Crippen LogP contribution in [0, 0.1) is 0 Å². The van der Waals surface area contributed by atoms with Crippen molar-refractivity contribution >= 4 is 33.3 Å². The molecule has 1 aromatic carbocycles. The van der Waals surface area contributed by atoms with Crippen LogP contribution >= 0.6 is 11.6 Å². The molecule has 2 aliphatic heterocycles. The van der Waals surface area contributed by atoms with Gasteiger partial charge < -0.3 is 9.80 Å². The minimum absolute atomic E-state index is 0.0449. The lowest BCUT2D eigenvalue weighted by Crippen LogP contribution is -2.55. The third kappa shape index (κ3) is 2.80. The average molecular weight is 371 g/mol. The zero-order chi connectivity index (χ0) is 17.5. The summed E-state index contributed by atoms with van der Waals surface area (Å²) in [5.74, 6) is -0.838. The third-order valence-corrected chi connectivity index (χ3v) is 7.76. The molecule has 24 heavy (non-hydrogen) atoms. The Morgan fingerprint density at radius 2 is 1.79 bits per heavy atom. The molecule has 1 aromatic rings. The van der Waals surface area contributed by atoms with Gasteiger partial charge in [-0.2, -0.15) is 0 Å². The Bertz CT molecular complexity index is 768. The second kappa shape index (κ2) is 6.04. The molecule has 0 aromatic heterocycles. The summed E-state index contributed by atoms with van der Waals surface area (Å²) in [5.41, 5.74) is 0.866. The summed E-state index contributed by atoms with van der Waals surface area (Å²) in [7, 11) is -1.96. The third-order valence-electron chi connectivity index (χ3n) is 5.04. The number of benzene rings is 1. The molecule has 2 amide bonds. The van der Waals surface area contributed by atoms with Crippen LogP contribution in [-0.4, -0.2) is 60.8 Å². The van der Waals surface area contributed by atoms with E-state index in [1.54, 1.807) is 29.2 Å². The number of carbonyl (C=O) groups is 2. The number of halogens is 1. The molecule has 1 spiro atoms. The summed E-state index contributed by atoms with van der Waals surface area (Å²) in [6.07, 6.45) is 0.791. The van der Waals surface area contributed by atoms with Gasteiger partial charge in [0, 0.05) is 38.0 Å². The number of nitrogens with zero attached hydrogens (tertiary/aromatic N) is 2. The molecule has 0 bridgehead atoms. The van der Waals surface area contributed by atoms with E-state index in [4.69, 9.17) is 11.6 Å². The van der Waals surface area contributed by atoms with Gasteiger partial charge in [0.05, 0.1) is 6.42 Å². The van der Waals surface area contributed by atoms with Gasteiger partial charge in [-0.3, -0.25) is 9.59 Å². The van der Waals surface area contributed by atoms with Crippen LogP contribution in [0.1, 0.15) is 18.4 Å². The fourth-order valence-corrected chi connectivity index (χ4v) is 5.71. The number of carbonyl (C=O) groups excluding carboxylic acids is 2. The van der Waals surface area contributed by atoms with Gasteiger partial charge in [-0.1, -0.05) is 23.7 Å². The van der Waals surface area contributed by atoms with E-state index in [0.717, 1.165) is 5.56 Å². The molecule has 0 atom stereocenters. The van der Waals surface area contributed by atoms with Crippen LogP contribution < -0.4 is 0 Å². The maximum Gasteiger partial charge on any atom is 0.238 e. The monoisotopic (exact) mass is 370 g/mol. The van der Waals surface area contributed by atoms with E-state index in [1.807, 2.05) is 0 Å². The predicted molar refractivity (Wildman–Crippen MR) is 90.3 cm³/mol. The number of hydrogen-bond acceptors (Lipinski definition) is 4. The zero-order valence-electron chi connectivity index (χ0n) is 13.4. The molecule has 2 heterocycles. The summed E-state index contributed by atoms with van der Waals surface area (Å²) < 4.78 is 24.8. The fourth-order valence-electron chi connectivity index (χ4n) is 3.47. The molecule has 0 unspecified atom stereocenters. The number of rotatable bonds is 2. The van der Waals surface area contributed by atoms with E-state index in [1.165, 1.54) is 11.9 Å². The summed E-state index contributed by atoms with van der Waals surface area (Å²) >= 11 is 5.83. The highest BCUT2D eigenvalue weighted by Gasteiger charge is 2.56. The van der Waals surface area contributed by atoms with Crippen molar-refractivity contribution in [1.29, 1.82) is 0 Å². The topological polar surface area (TPSA) is 74.8 Å². The highest BCUT2D eigenvalue weighted by molar-refractivity contribution is 7.93. The Morgan fingerprint density at radius 1 is 1.21 bits per heavy atom. The normalized spacial score (nSPS) is 22.2. The van der Waals surface area contributed by atoms with E-state index in [2.05, 4.69) is 0 Å². The summed E-state index contributed by atoms with van der Waals surface area (Å²) in [4.78, 5) is 26.1. The van der Waals surface area contributed by atoms with E-state index < -0.39 is 20.5 Å². The molecule has 8 heteroatoms. The predicted octanol–water partition coefficient (Wildman–Crippen LogP) is 1.09. The first-order chi connectivity index (χ1) is 11.2. The lowest BCUT2D eigenvalue weighted by molar-refractivity contribution is -0.134. The van der Waals surface area contributed by atoms with E-state index in [-0.39, 0.29) is 31.1 Å². The van der Waals surface area contributed by atoms with Gasteiger partial charge in [-0.25, -0.2) is 8.42 Å². The first kappa shape index (κ1) is 17.2. The smallest absolute Gasteiger partial charge is 0.238 e. The lowest BCUT2D eigenvalue weighted by atomic mass is 10.0. The molecule has 3 rings (SSSR count). The maximum atomic E-state index is 12.4. The van der Waals surface area contributed by atoms with Gasteiger partial charge in [0.25, 0.3) is 0 Å². The van der Waals surface area contributed by atoms with Crippen LogP contribution in [0.3, 0.4) is 0 Å². The largest absolute Gasteiger partial charge is 0.342 e. The first-order valence-corrected chi connectivity index (χ1v) is 9.79. The number of likely N-dealkylation sites (tertiary alicyclic amines) is 1. The first-order valence-electron chi connectivity index (χ1n) is 7.76. The van der Waals surface area contributed by atoms with Crippen molar-refractivity contribution in [1.82, 2.24) is 9.80 Å². The highest BCUT2D eigenvalue weighted by atomic mass is 35.5. The van der Waals surface area contributed by atoms with Crippen LogP contribution in [0.5, 0.6) is 0 Å². The van der Waals surface area contributed by atoms with Crippen molar-refractivity contribution in [3.63, 3.8) is 0 Å². The van der Waals surface area contributed by atoms with Crippen molar-refractivity contribution in [2.75, 3.05) is 25.9 Å². The Kier molecular flexibility index (Phi) is 4.34. The van der Waals surface area contributed by atoms with Crippen molar-refractivity contribution in [2.45, 2.75) is 24.1 Å². The molecule has 0 radical (unpaired) electrons. The molecule has 0 aliphatic carbocycles. The molecule has 2 fully saturated rings. The molecule has 0 saturated carbocycles. The molecule has 6 nitrogen and oxygen atoms in total. The number of sulfone groups is 1. The van der Waals surface area contributed by atoms with E-state index in [9.17, 15) is 18.0 Å². The number of piperidine rings is 1. The van der Waals surface area contributed by atoms with Crippen LogP contribution in [0.2, 0.25) is 5.02 Å². The number of hydrogen-bond donors (Lipinski definition) is 0. The van der Waals surface area contributed by atoms with Crippen molar-refractivity contribution in [2.24, 2.45) is 0 Å². The van der Waals surface area contributed by atoms with Crippen LogP contribution in [-0.2, 0) is 25.8 Å². The summed E-state index contributed by atoms with van der Waals surface area (Å²) in [6, 6.07) is 7.08. The molecule has 0 N–H and O–H groups in total. The standard InChI is InChI=1S/C16H19ClN2O4S/c1-18-15(21)11-24(22,23)16(18)6-8-19(9-7-16)14(20)10-12-2-4-13(17)5-3-12/h2-5H,6-11H2,1H3. The van der Waals surface area contributed by atoms with Gasteiger partial charge in [-0.05, 0) is 17.7 Å². The maximum absolute atomic E-state index is 12.4. The molecule has 2 saturated heterocycles. The van der Waals surface area contributed by atoms with Crippen molar-refractivity contribution in [3.8, 4) is 0 Å². The molecule has 130 valence electrons. The second-order valence-corrected chi connectivity index (χ2v) is 9.06. The second-order valence-electron chi connectivity index (χ2n) is 6.34.